The van der Waals surface area contributed by atoms with Crippen LogP contribution in [0.15, 0.2) is 22.6 Å². The lowest BCUT2D eigenvalue weighted by molar-refractivity contribution is 0.0657. The molecule has 0 unspecified atom stereocenters. The molecule has 0 aliphatic heterocycles. The van der Waals surface area contributed by atoms with E-state index in [-0.39, 0.29) is 22.5 Å². The number of carboxylic acids is 1. The number of hydrogen-bond donors (Lipinski definition) is 1. The molecule has 1 aliphatic carbocycles. The molecule has 0 amide bonds. The molecule has 1 aliphatic rings. The van der Waals surface area contributed by atoms with E-state index in [1.165, 1.54) is 23.3 Å². The van der Waals surface area contributed by atoms with Crippen LogP contribution in [0.5, 0.6) is 17.4 Å². The summed E-state index contributed by atoms with van der Waals surface area (Å²) >= 11 is 0. The molecule has 5 heteroatoms. The van der Waals surface area contributed by atoms with Crippen LogP contribution in [0.1, 0.15) is 67.8 Å². The zero-order valence-corrected chi connectivity index (χ0v) is 16.2. The zero-order valence-electron chi connectivity index (χ0n) is 16.2. The summed E-state index contributed by atoms with van der Waals surface area (Å²) in [6.07, 6.45) is 2.19. The van der Waals surface area contributed by atoms with E-state index in [4.69, 9.17) is 19.0 Å². The van der Waals surface area contributed by atoms with Crippen molar-refractivity contribution in [2.75, 3.05) is 7.11 Å². The van der Waals surface area contributed by atoms with Gasteiger partial charge >= 0.3 is 5.97 Å². The molecule has 0 spiro atoms. The van der Waals surface area contributed by atoms with Gasteiger partial charge < -0.3 is 19.0 Å². The molecule has 1 heterocycles. The standard InChI is InChI=1S/C21H26O5/c1-12-17-13(20(2,3)9-10-21(17,4)5)11-15(24-6)18(12)26-16-8-7-14(25-16)19(22)23/h7-8,11H,9-10H2,1-6H3,(H,22,23). The fraction of sp³-hybridized carbons (Fsp3) is 0.476. The Balaban J connectivity index is 2.15. The average Bonchev–Trinajstić information content (AvgIpc) is 3.02. The highest BCUT2D eigenvalue weighted by molar-refractivity contribution is 5.84. The number of benzene rings is 1. The highest BCUT2D eigenvalue weighted by atomic mass is 16.6. The van der Waals surface area contributed by atoms with Crippen molar-refractivity contribution in [1.82, 2.24) is 0 Å². The van der Waals surface area contributed by atoms with Gasteiger partial charge in [0, 0.05) is 6.07 Å². The molecule has 140 valence electrons. The van der Waals surface area contributed by atoms with E-state index in [9.17, 15) is 4.79 Å². The van der Waals surface area contributed by atoms with Gasteiger partial charge in [0.1, 0.15) is 0 Å². The van der Waals surface area contributed by atoms with Crippen molar-refractivity contribution in [3.8, 4) is 17.4 Å². The Kier molecular flexibility index (Phi) is 4.29. The highest BCUT2D eigenvalue weighted by Gasteiger charge is 2.40. The lowest BCUT2D eigenvalue weighted by atomic mass is 9.62. The van der Waals surface area contributed by atoms with Crippen LogP contribution >= 0.6 is 0 Å². The Hall–Kier alpha value is -2.43. The van der Waals surface area contributed by atoms with Crippen molar-refractivity contribution < 1.29 is 23.8 Å². The molecule has 0 saturated heterocycles. The summed E-state index contributed by atoms with van der Waals surface area (Å²) in [5.41, 5.74) is 3.64. The smallest absolute Gasteiger partial charge is 0.371 e. The van der Waals surface area contributed by atoms with Crippen LogP contribution in [-0.4, -0.2) is 18.2 Å². The van der Waals surface area contributed by atoms with Gasteiger partial charge in [0.2, 0.25) is 5.76 Å². The molecular formula is C21H26O5. The van der Waals surface area contributed by atoms with Crippen LogP contribution in [0.2, 0.25) is 0 Å². The number of carbonyl (C=O) groups is 1. The van der Waals surface area contributed by atoms with Crippen molar-refractivity contribution in [3.63, 3.8) is 0 Å². The molecule has 5 nitrogen and oxygen atoms in total. The van der Waals surface area contributed by atoms with E-state index in [0.29, 0.717) is 11.5 Å². The first-order chi connectivity index (χ1) is 12.1. The minimum absolute atomic E-state index is 0.0225. The molecular weight excluding hydrogens is 332 g/mol. The van der Waals surface area contributed by atoms with Crippen molar-refractivity contribution >= 4 is 5.97 Å². The molecule has 1 aromatic carbocycles. The summed E-state index contributed by atoms with van der Waals surface area (Å²) in [6.45, 7) is 11.0. The van der Waals surface area contributed by atoms with Crippen LogP contribution < -0.4 is 9.47 Å². The SMILES string of the molecule is COc1cc2c(c(C)c1Oc1ccc(C(=O)O)o1)C(C)(C)CCC2(C)C. The van der Waals surface area contributed by atoms with Crippen LogP contribution in [0.4, 0.5) is 0 Å². The van der Waals surface area contributed by atoms with Gasteiger partial charge in [-0.05, 0) is 59.4 Å². The first-order valence-corrected chi connectivity index (χ1v) is 8.80. The van der Waals surface area contributed by atoms with Gasteiger partial charge in [-0.1, -0.05) is 27.7 Å². The minimum Gasteiger partial charge on any atom is -0.493 e. The number of fused-ring (bicyclic) bond motifs is 1. The van der Waals surface area contributed by atoms with Gasteiger partial charge in [0.15, 0.2) is 11.5 Å². The Labute approximate surface area is 153 Å². The van der Waals surface area contributed by atoms with Gasteiger partial charge in [-0.15, -0.1) is 0 Å². The molecule has 0 fully saturated rings. The molecule has 0 saturated carbocycles. The third-order valence-electron chi connectivity index (χ3n) is 5.48. The molecule has 26 heavy (non-hydrogen) atoms. The van der Waals surface area contributed by atoms with E-state index >= 15 is 0 Å². The highest BCUT2D eigenvalue weighted by Crippen LogP contribution is 2.52. The molecule has 2 aromatic rings. The maximum atomic E-state index is 11.0. The second-order valence-corrected chi connectivity index (χ2v) is 8.25. The maximum Gasteiger partial charge on any atom is 0.371 e. The topological polar surface area (TPSA) is 68.9 Å². The third kappa shape index (κ3) is 2.96. The summed E-state index contributed by atoms with van der Waals surface area (Å²) in [5.74, 6) is 0.0492. The van der Waals surface area contributed by atoms with E-state index in [1.54, 1.807) is 7.11 Å². The van der Waals surface area contributed by atoms with Crippen molar-refractivity contribution in [2.24, 2.45) is 0 Å². The minimum atomic E-state index is -1.13. The Bertz CT molecular complexity index is 858. The van der Waals surface area contributed by atoms with Crippen LogP contribution in [0.25, 0.3) is 0 Å². The fourth-order valence-electron chi connectivity index (χ4n) is 3.93. The largest absolute Gasteiger partial charge is 0.493 e. The van der Waals surface area contributed by atoms with Crippen molar-refractivity contribution in [1.29, 1.82) is 0 Å². The van der Waals surface area contributed by atoms with E-state index in [2.05, 4.69) is 33.8 Å². The summed E-state index contributed by atoms with van der Waals surface area (Å²) in [5, 5.41) is 9.03. The molecule has 3 rings (SSSR count). The average molecular weight is 358 g/mol. The van der Waals surface area contributed by atoms with Gasteiger partial charge in [0.25, 0.3) is 5.95 Å². The van der Waals surface area contributed by atoms with Gasteiger partial charge in [-0.2, -0.15) is 0 Å². The second kappa shape index (κ2) is 6.08. The van der Waals surface area contributed by atoms with Crippen molar-refractivity contribution in [2.45, 2.75) is 58.3 Å². The number of hydrogen-bond acceptors (Lipinski definition) is 4. The maximum absolute atomic E-state index is 11.0. The van der Waals surface area contributed by atoms with E-state index in [0.717, 1.165) is 18.4 Å². The number of aromatic carboxylic acids is 1. The summed E-state index contributed by atoms with van der Waals surface area (Å²) in [6, 6.07) is 4.95. The Morgan fingerprint density at radius 2 is 1.81 bits per heavy atom. The summed E-state index contributed by atoms with van der Waals surface area (Å²) in [7, 11) is 1.61. The second-order valence-electron chi connectivity index (χ2n) is 8.25. The monoisotopic (exact) mass is 358 g/mol. The predicted molar refractivity (Wildman–Crippen MR) is 98.8 cm³/mol. The van der Waals surface area contributed by atoms with E-state index < -0.39 is 5.97 Å². The third-order valence-corrected chi connectivity index (χ3v) is 5.48. The first-order valence-electron chi connectivity index (χ1n) is 8.80. The molecule has 1 N–H and O–H groups in total. The molecule has 0 atom stereocenters. The van der Waals surface area contributed by atoms with Gasteiger partial charge in [0.05, 0.1) is 7.11 Å². The fourth-order valence-corrected chi connectivity index (χ4v) is 3.93. The lowest BCUT2D eigenvalue weighted by Crippen LogP contribution is -2.34. The Morgan fingerprint density at radius 1 is 1.15 bits per heavy atom. The summed E-state index contributed by atoms with van der Waals surface area (Å²) < 4.78 is 16.8. The van der Waals surface area contributed by atoms with Gasteiger partial charge in [-0.25, -0.2) is 4.79 Å². The number of furan rings is 1. The van der Waals surface area contributed by atoms with Crippen LogP contribution in [0, 0.1) is 6.92 Å². The lowest BCUT2D eigenvalue weighted by Gasteiger charge is -2.43. The van der Waals surface area contributed by atoms with E-state index in [1.807, 2.05) is 6.92 Å². The first kappa shape index (κ1) is 18.4. The predicted octanol–water partition coefficient (Wildman–Crippen LogP) is 5.44. The van der Waals surface area contributed by atoms with Crippen LogP contribution in [-0.2, 0) is 10.8 Å². The van der Waals surface area contributed by atoms with Crippen molar-refractivity contribution in [3.05, 3.63) is 40.6 Å². The number of methoxy groups -OCH3 is 1. The molecule has 1 aromatic heterocycles. The van der Waals surface area contributed by atoms with Crippen LogP contribution in [0.3, 0.4) is 0 Å². The summed E-state index contributed by atoms with van der Waals surface area (Å²) in [4.78, 5) is 11.0. The quantitative estimate of drug-likeness (QED) is 0.788. The molecule has 0 radical (unpaired) electrons. The Morgan fingerprint density at radius 3 is 2.38 bits per heavy atom. The number of carboxylic acid groups (broad SMARTS) is 1. The normalized spacial score (nSPS) is 17.5. The molecule has 0 bridgehead atoms. The number of ether oxygens (including phenoxy) is 2. The zero-order chi connectivity index (χ0) is 19.3. The van der Waals surface area contributed by atoms with Gasteiger partial charge in [-0.3, -0.25) is 0 Å². The number of rotatable bonds is 4.